The largest absolute Gasteiger partial charge is 1.00 e. The molecular formula is C2H7O2-5. The quantitative estimate of drug-likeness (QED) is 0.369. The summed E-state index contributed by atoms with van der Waals surface area (Å²) in [5, 5.41) is 8.89. The van der Waals surface area contributed by atoms with Gasteiger partial charge in [-0.1, -0.05) is 0 Å². The van der Waals surface area contributed by atoms with Crippen molar-refractivity contribution >= 4 is 5.97 Å². The third kappa shape index (κ3) is 1.16. The normalized spacial score (nSPS) is 6.25. The van der Waals surface area contributed by atoms with E-state index in [1.54, 1.807) is 0 Å². The number of rotatable bonds is 0. The summed E-state index contributed by atoms with van der Waals surface area (Å²) in [6, 6.07) is 0. The Hall–Kier alpha value is -0.530. The van der Waals surface area contributed by atoms with E-state index in [9.17, 15) is 0 Å². The molecule has 0 atom stereocenters. The van der Waals surface area contributed by atoms with Gasteiger partial charge in [0.05, 0.1) is 0 Å². The van der Waals surface area contributed by atoms with Crippen LogP contribution >= 0.6 is 0 Å². The molecule has 0 saturated heterocycles. The molecule has 0 N–H and O–H groups in total. The second kappa shape index (κ2) is 0.875. The summed E-state index contributed by atoms with van der Waals surface area (Å²) in [7, 11) is 0. The minimum absolute atomic E-state index is 0. The first-order chi connectivity index (χ1) is 1.73. The fraction of sp³-hybridized carbons (Fsp3) is 0.500. The van der Waals surface area contributed by atoms with Gasteiger partial charge in [-0.2, -0.15) is 0 Å². The lowest BCUT2D eigenvalue weighted by Gasteiger charge is -1.77. The lowest BCUT2D eigenvalue weighted by molar-refractivity contribution is -0.302. The number of aliphatic carboxylic acids is 1. The van der Waals surface area contributed by atoms with Crippen LogP contribution in [0.1, 0.15) is 12.6 Å². The van der Waals surface area contributed by atoms with Crippen molar-refractivity contribution in [1.82, 2.24) is 0 Å². The fourth-order valence-corrected chi connectivity index (χ4v) is 0. The number of carboxylic acids is 1. The highest BCUT2D eigenvalue weighted by Gasteiger charge is 1.46. The van der Waals surface area contributed by atoms with E-state index in [2.05, 4.69) is 0 Å². The first kappa shape index (κ1) is 3.47. The zero-order valence-corrected chi connectivity index (χ0v) is 2.32. The van der Waals surface area contributed by atoms with Crippen LogP contribution in [0.3, 0.4) is 0 Å². The smallest absolute Gasteiger partial charge is 0.0383 e. The van der Waals surface area contributed by atoms with Crippen molar-refractivity contribution in [3.8, 4) is 0 Å². The van der Waals surface area contributed by atoms with Crippen LogP contribution in [0.2, 0.25) is 0 Å². The first-order valence-electron chi connectivity index (χ1n) is 0.908. The van der Waals surface area contributed by atoms with Crippen molar-refractivity contribution in [3.05, 3.63) is 0 Å². The van der Waals surface area contributed by atoms with Crippen LogP contribution in [0, 0.1) is 0 Å². The van der Waals surface area contributed by atoms with Crippen molar-refractivity contribution < 1.29 is 15.6 Å². The van der Waals surface area contributed by atoms with Gasteiger partial charge < -0.3 is 15.6 Å². The van der Waals surface area contributed by atoms with Crippen molar-refractivity contribution in [2.75, 3.05) is 0 Å². The summed E-state index contributed by atoms with van der Waals surface area (Å²) >= 11 is 0. The average molecular weight is 63.1 g/mol. The Morgan fingerprint density at radius 3 is 2.25 bits per heavy atom. The molecule has 0 radical (unpaired) electrons. The van der Waals surface area contributed by atoms with Gasteiger partial charge in [0.1, 0.15) is 0 Å². The Morgan fingerprint density at radius 2 is 2.25 bits per heavy atom. The monoisotopic (exact) mass is 63.0 g/mol. The summed E-state index contributed by atoms with van der Waals surface area (Å²) in [5.41, 5.74) is 0. The Kier molecular flexibility index (Phi) is 0.759. The molecule has 0 unspecified atom stereocenters. The predicted molar refractivity (Wildman–Crippen MR) is 15.1 cm³/mol. The summed E-state index contributed by atoms with van der Waals surface area (Å²) in [6.45, 7) is 0.972. The topological polar surface area (TPSA) is 40.1 Å². The van der Waals surface area contributed by atoms with E-state index in [0.717, 1.165) is 6.92 Å². The minimum Gasteiger partial charge on any atom is -1.00 e. The van der Waals surface area contributed by atoms with Gasteiger partial charge in [-0.3, -0.25) is 0 Å². The fourth-order valence-electron chi connectivity index (χ4n) is 0. The second-order valence-corrected chi connectivity index (χ2v) is 0.492. The molecule has 0 aliphatic carbocycles. The van der Waals surface area contributed by atoms with Crippen molar-refractivity contribution in [2.45, 2.75) is 6.92 Å². The molecule has 0 aromatic rings. The molecule has 32 valence electrons. The maximum atomic E-state index is 8.89. The number of hydrogen-bond donors (Lipinski definition) is 0. The van der Waals surface area contributed by atoms with Gasteiger partial charge in [-0.15, -0.1) is 0 Å². The standard InChI is InChI=1S/C2H4O2.4H/c1-2(3)4;;;;/h1H3,(H,3,4);;;;/q;4*-1/p-1. The predicted octanol–water partition coefficient (Wildman–Crippen LogP) is -0.794. The van der Waals surface area contributed by atoms with E-state index >= 15 is 0 Å². The zero-order chi connectivity index (χ0) is 3.58. The molecule has 0 aliphatic rings. The minimum atomic E-state index is -1.08. The first-order valence-corrected chi connectivity index (χ1v) is 0.908. The number of carboxylic acid groups (broad SMARTS) is 1. The molecule has 0 bridgehead atoms. The van der Waals surface area contributed by atoms with Gasteiger partial charge in [0.15, 0.2) is 0 Å². The highest BCUT2D eigenvalue weighted by atomic mass is 16.4. The number of carbonyl (C=O) groups excluding carboxylic acids is 1. The summed E-state index contributed by atoms with van der Waals surface area (Å²) in [5.74, 6) is -1.08. The van der Waals surface area contributed by atoms with Crippen LogP contribution in [-0.2, 0) is 4.79 Å². The van der Waals surface area contributed by atoms with Crippen LogP contribution < -0.4 is 5.11 Å². The highest BCUT2D eigenvalue weighted by molar-refractivity contribution is 5.60. The highest BCUT2D eigenvalue weighted by Crippen LogP contribution is 1.31. The third-order valence-corrected chi connectivity index (χ3v) is 0. The van der Waals surface area contributed by atoms with Gasteiger partial charge in [0.2, 0.25) is 0 Å². The lowest BCUT2D eigenvalue weighted by atomic mass is 10.9. The van der Waals surface area contributed by atoms with Crippen LogP contribution in [0.4, 0.5) is 0 Å². The van der Waals surface area contributed by atoms with E-state index < -0.39 is 5.97 Å². The van der Waals surface area contributed by atoms with Gasteiger partial charge in [0.25, 0.3) is 0 Å². The molecule has 2 heteroatoms. The molecule has 0 heterocycles. The Morgan fingerprint density at radius 1 is 2.25 bits per heavy atom. The van der Waals surface area contributed by atoms with Gasteiger partial charge in [-0.05, 0) is 6.92 Å². The Labute approximate surface area is 30.0 Å². The molecule has 0 aromatic heterocycles. The van der Waals surface area contributed by atoms with Crippen LogP contribution in [0.5, 0.6) is 0 Å². The van der Waals surface area contributed by atoms with Gasteiger partial charge in [0, 0.05) is 5.97 Å². The van der Waals surface area contributed by atoms with Crippen molar-refractivity contribution in [2.24, 2.45) is 0 Å². The van der Waals surface area contributed by atoms with Crippen LogP contribution in [0.25, 0.3) is 0 Å². The SMILES string of the molecule is CC(=O)[O-].[H-].[H-].[H-].[H-]. The molecule has 0 aromatic carbocycles. The molecule has 0 aliphatic heterocycles. The summed E-state index contributed by atoms with van der Waals surface area (Å²) in [6.07, 6.45) is 0. The molecule has 2 nitrogen and oxygen atoms in total. The maximum Gasteiger partial charge on any atom is 0.0383 e. The molecule has 0 fully saturated rings. The number of carbonyl (C=O) groups is 1. The molecular weight excluding hydrogens is 56.0 g/mol. The van der Waals surface area contributed by atoms with Gasteiger partial charge >= 0.3 is 0 Å². The molecule has 0 rings (SSSR count). The van der Waals surface area contributed by atoms with Crippen LogP contribution in [0.15, 0.2) is 0 Å². The van der Waals surface area contributed by atoms with Gasteiger partial charge in [-0.25, -0.2) is 0 Å². The maximum absolute atomic E-state index is 8.89. The van der Waals surface area contributed by atoms with E-state index in [0.29, 0.717) is 0 Å². The molecule has 4 heavy (non-hydrogen) atoms. The second-order valence-electron chi connectivity index (χ2n) is 0.492. The Bertz CT molecular complexity index is 35.0. The third-order valence-electron chi connectivity index (χ3n) is 0. The molecule has 0 spiro atoms. The van der Waals surface area contributed by atoms with E-state index in [-0.39, 0.29) is 5.71 Å². The zero-order valence-electron chi connectivity index (χ0n) is 6.32. The van der Waals surface area contributed by atoms with Crippen LogP contribution in [-0.4, -0.2) is 5.97 Å². The number of hydrogen-bond acceptors (Lipinski definition) is 2. The Balaban J connectivity index is -0.00000000750. The molecule has 0 amide bonds. The average Bonchev–Trinajstić information content (AvgIpc) is 0.811. The van der Waals surface area contributed by atoms with Crippen molar-refractivity contribution in [1.29, 1.82) is 0 Å². The van der Waals surface area contributed by atoms with E-state index in [1.165, 1.54) is 0 Å². The summed E-state index contributed by atoms with van der Waals surface area (Å²) in [4.78, 5) is 8.89. The van der Waals surface area contributed by atoms with E-state index in [4.69, 9.17) is 9.90 Å². The van der Waals surface area contributed by atoms with Crippen molar-refractivity contribution in [3.63, 3.8) is 0 Å². The summed E-state index contributed by atoms with van der Waals surface area (Å²) < 4.78 is 0. The molecule has 0 saturated carbocycles. The van der Waals surface area contributed by atoms with E-state index in [1.807, 2.05) is 0 Å². The lowest BCUT2D eigenvalue weighted by Crippen LogP contribution is -2.16.